The number of benzene rings is 3. The molecule has 11 heteroatoms. The number of carbonyl (C=O) groups is 2. The van der Waals surface area contributed by atoms with E-state index in [1.807, 2.05) is 0 Å². The van der Waals surface area contributed by atoms with E-state index >= 15 is 0 Å². The van der Waals surface area contributed by atoms with Crippen LogP contribution in [0.3, 0.4) is 0 Å². The molecule has 1 saturated heterocycles. The lowest BCUT2D eigenvalue weighted by molar-refractivity contribution is -0.132. The van der Waals surface area contributed by atoms with E-state index in [2.05, 4.69) is 17.1 Å². The molecule has 1 unspecified atom stereocenters. The van der Waals surface area contributed by atoms with Crippen LogP contribution in [0.5, 0.6) is 11.5 Å². The van der Waals surface area contributed by atoms with Gasteiger partial charge in [0.25, 0.3) is 5.78 Å². The number of thioether (sulfide) groups is 1. The molecule has 1 amide bonds. The summed E-state index contributed by atoms with van der Waals surface area (Å²) in [6.07, 6.45) is 1.93. The van der Waals surface area contributed by atoms with Gasteiger partial charge in [-0.1, -0.05) is 60.7 Å². The highest BCUT2D eigenvalue weighted by atomic mass is 32.2. The summed E-state index contributed by atoms with van der Waals surface area (Å²) in [6, 6.07) is 18.9. The summed E-state index contributed by atoms with van der Waals surface area (Å²) in [5, 5.41) is 20.1. The SMILES string of the molecule is CCCCOc1ccc(/C(O)=C2/C(=O)C(=O)N(c3nnc(SCc4ccc(F)cc4)s3)C2c2ccc(OC)cc2)cc1. The fraction of sp³-hybridized carbons (Fsp3) is 0.226. The Morgan fingerprint density at radius 2 is 1.69 bits per heavy atom. The second kappa shape index (κ2) is 13.2. The zero-order valence-electron chi connectivity index (χ0n) is 23.0. The molecule has 4 aromatic rings. The largest absolute Gasteiger partial charge is 0.507 e. The molecule has 0 saturated carbocycles. The summed E-state index contributed by atoms with van der Waals surface area (Å²) in [4.78, 5) is 28.2. The van der Waals surface area contributed by atoms with Crippen LogP contribution in [-0.4, -0.2) is 40.7 Å². The van der Waals surface area contributed by atoms with Crippen molar-refractivity contribution in [1.29, 1.82) is 0 Å². The second-order valence-electron chi connectivity index (χ2n) is 9.43. The van der Waals surface area contributed by atoms with E-state index in [-0.39, 0.29) is 22.3 Å². The Balaban J connectivity index is 1.48. The third-order valence-corrected chi connectivity index (χ3v) is 8.77. The summed E-state index contributed by atoms with van der Waals surface area (Å²) >= 11 is 2.54. The zero-order valence-corrected chi connectivity index (χ0v) is 24.6. The summed E-state index contributed by atoms with van der Waals surface area (Å²) in [7, 11) is 1.54. The number of hydrogen-bond donors (Lipinski definition) is 1. The van der Waals surface area contributed by atoms with Crippen LogP contribution in [0.4, 0.5) is 9.52 Å². The van der Waals surface area contributed by atoms with E-state index in [1.54, 1.807) is 67.8 Å². The van der Waals surface area contributed by atoms with Gasteiger partial charge < -0.3 is 14.6 Å². The number of anilines is 1. The molecule has 42 heavy (non-hydrogen) atoms. The van der Waals surface area contributed by atoms with Gasteiger partial charge in [0.2, 0.25) is 5.13 Å². The summed E-state index contributed by atoms with van der Waals surface area (Å²) in [6.45, 7) is 2.66. The summed E-state index contributed by atoms with van der Waals surface area (Å²) in [5.41, 5.74) is 1.81. The molecule has 0 spiro atoms. The van der Waals surface area contributed by atoms with Crippen molar-refractivity contribution in [3.63, 3.8) is 0 Å². The van der Waals surface area contributed by atoms with Gasteiger partial charge in [0, 0.05) is 11.3 Å². The van der Waals surface area contributed by atoms with E-state index < -0.39 is 17.7 Å². The van der Waals surface area contributed by atoms with Gasteiger partial charge in [-0.05, 0) is 66.1 Å². The normalized spacial score (nSPS) is 16.2. The predicted octanol–water partition coefficient (Wildman–Crippen LogP) is 6.78. The van der Waals surface area contributed by atoms with Crippen LogP contribution >= 0.6 is 23.1 Å². The first-order valence-electron chi connectivity index (χ1n) is 13.3. The van der Waals surface area contributed by atoms with Crippen LogP contribution in [0.2, 0.25) is 0 Å². The lowest BCUT2D eigenvalue weighted by Crippen LogP contribution is -2.29. The number of aliphatic hydroxyl groups excluding tert-OH is 1. The Bertz CT molecular complexity index is 1590. The number of ketones is 1. The molecule has 8 nitrogen and oxygen atoms in total. The molecular formula is C31H28FN3O5S2. The van der Waals surface area contributed by atoms with Crippen LogP contribution in [0.1, 0.15) is 42.5 Å². The molecule has 1 aliphatic heterocycles. The minimum Gasteiger partial charge on any atom is -0.507 e. The molecule has 3 aromatic carbocycles. The van der Waals surface area contributed by atoms with Crippen molar-refractivity contribution in [2.24, 2.45) is 0 Å². The topological polar surface area (TPSA) is 102 Å². The molecule has 1 fully saturated rings. The number of nitrogens with zero attached hydrogens (tertiary/aromatic N) is 3. The van der Waals surface area contributed by atoms with Crippen molar-refractivity contribution in [2.45, 2.75) is 35.9 Å². The molecule has 1 atom stereocenters. The number of ether oxygens (including phenoxy) is 2. The number of carbonyl (C=O) groups excluding carboxylic acids is 2. The van der Waals surface area contributed by atoms with E-state index in [0.717, 1.165) is 29.7 Å². The molecule has 0 bridgehead atoms. The Kier molecular flexibility index (Phi) is 9.19. The van der Waals surface area contributed by atoms with Crippen LogP contribution in [0, 0.1) is 5.82 Å². The van der Waals surface area contributed by atoms with Gasteiger partial charge in [0.15, 0.2) is 4.34 Å². The maximum absolute atomic E-state index is 13.5. The number of aromatic nitrogens is 2. The quantitative estimate of drug-likeness (QED) is 0.0499. The van der Waals surface area contributed by atoms with Gasteiger partial charge in [-0.2, -0.15) is 0 Å². The highest BCUT2D eigenvalue weighted by Crippen LogP contribution is 2.44. The molecule has 1 aliphatic rings. The van der Waals surface area contributed by atoms with Gasteiger partial charge in [0.05, 0.1) is 25.3 Å². The zero-order chi connectivity index (χ0) is 29.6. The standard InChI is InChI=1S/C31H28FN3O5S2/c1-3-4-17-40-24-15-9-21(10-16-24)27(36)25-26(20-7-13-23(39-2)14-8-20)35(29(38)28(25)37)30-33-34-31(42-30)41-18-19-5-11-22(32)12-6-19/h5-16,26,36H,3-4,17-18H2,1-2H3/b27-25-. The first-order chi connectivity index (χ1) is 20.4. The highest BCUT2D eigenvalue weighted by Gasteiger charge is 2.48. The van der Waals surface area contributed by atoms with Crippen LogP contribution < -0.4 is 14.4 Å². The Hall–Kier alpha value is -4.22. The van der Waals surface area contributed by atoms with E-state index in [0.29, 0.717) is 39.3 Å². The van der Waals surface area contributed by atoms with Gasteiger partial charge >= 0.3 is 5.91 Å². The predicted molar refractivity (Wildman–Crippen MR) is 160 cm³/mol. The molecular weight excluding hydrogens is 577 g/mol. The highest BCUT2D eigenvalue weighted by molar-refractivity contribution is 8.00. The number of halogens is 1. The Morgan fingerprint density at radius 3 is 2.36 bits per heavy atom. The maximum atomic E-state index is 13.5. The van der Waals surface area contributed by atoms with E-state index in [4.69, 9.17) is 9.47 Å². The third kappa shape index (κ3) is 6.32. The number of amides is 1. The van der Waals surface area contributed by atoms with Crippen LogP contribution in [0.25, 0.3) is 5.76 Å². The number of unbranched alkanes of at least 4 members (excludes halogenated alkanes) is 1. The van der Waals surface area contributed by atoms with Crippen LogP contribution in [-0.2, 0) is 15.3 Å². The first kappa shape index (κ1) is 29.3. The smallest absolute Gasteiger partial charge is 0.301 e. The average molecular weight is 606 g/mol. The van der Waals surface area contributed by atoms with Gasteiger partial charge in [0.1, 0.15) is 23.1 Å². The van der Waals surface area contributed by atoms with Gasteiger partial charge in [-0.3, -0.25) is 14.5 Å². The second-order valence-corrected chi connectivity index (χ2v) is 11.6. The van der Waals surface area contributed by atoms with Crippen molar-refractivity contribution < 1.29 is 28.6 Å². The molecule has 0 aliphatic carbocycles. The van der Waals surface area contributed by atoms with Gasteiger partial charge in [-0.25, -0.2) is 4.39 Å². The van der Waals surface area contributed by atoms with E-state index in [1.165, 1.54) is 28.8 Å². The van der Waals surface area contributed by atoms with Crippen LogP contribution in [0.15, 0.2) is 82.7 Å². The number of Topliss-reactive ketones (excluding diaryl/α,β-unsaturated/α-hetero) is 1. The minimum atomic E-state index is -0.945. The third-order valence-electron chi connectivity index (χ3n) is 6.65. The lowest BCUT2D eigenvalue weighted by Gasteiger charge is -2.22. The Morgan fingerprint density at radius 1 is 1.00 bits per heavy atom. The molecule has 1 aromatic heterocycles. The first-order valence-corrected chi connectivity index (χ1v) is 15.1. The van der Waals surface area contributed by atoms with Crippen molar-refractivity contribution in [3.05, 3.63) is 101 Å². The number of hydrogen-bond acceptors (Lipinski definition) is 9. The molecule has 1 N–H and O–H groups in total. The summed E-state index contributed by atoms with van der Waals surface area (Å²) < 4.78 is 24.8. The lowest BCUT2D eigenvalue weighted by atomic mass is 9.95. The molecule has 216 valence electrons. The van der Waals surface area contributed by atoms with Gasteiger partial charge in [-0.15, -0.1) is 10.2 Å². The van der Waals surface area contributed by atoms with Crippen molar-refractivity contribution in [3.8, 4) is 11.5 Å². The van der Waals surface area contributed by atoms with E-state index in [9.17, 15) is 19.1 Å². The monoisotopic (exact) mass is 605 g/mol. The number of aliphatic hydroxyl groups is 1. The minimum absolute atomic E-state index is 0.0551. The molecule has 0 radical (unpaired) electrons. The number of methoxy groups -OCH3 is 1. The molecule has 5 rings (SSSR count). The van der Waals surface area contributed by atoms with Crippen molar-refractivity contribution >= 4 is 45.7 Å². The van der Waals surface area contributed by atoms with Crippen molar-refractivity contribution in [1.82, 2.24) is 10.2 Å². The summed E-state index contributed by atoms with van der Waals surface area (Å²) in [5.74, 6) is -0.487. The fourth-order valence-electron chi connectivity index (χ4n) is 4.41. The average Bonchev–Trinajstić information content (AvgIpc) is 3.58. The Labute approximate surface area is 250 Å². The fourth-order valence-corrected chi connectivity index (χ4v) is 6.24. The molecule has 2 heterocycles. The maximum Gasteiger partial charge on any atom is 0.301 e. The van der Waals surface area contributed by atoms with Crippen molar-refractivity contribution in [2.75, 3.05) is 18.6 Å². The number of rotatable bonds is 11.